The summed E-state index contributed by atoms with van der Waals surface area (Å²) in [5.41, 5.74) is 7.96. The fourth-order valence-electron chi connectivity index (χ4n) is 9.10. The Bertz CT molecular complexity index is 828. The summed E-state index contributed by atoms with van der Waals surface area (Å²) in [4.78, 5) is 0. The van der Waals surface area contributed by atoms with Crippen molar-refractivity contribution in [2.75, 3.05) is 0 Å². The summed E-state index contributed by atoms with van der Waals surface area (Å²) in [6, 6.07) is 7.02. The SMILES string of the molecule is Cc1cccc2c1CC[C@@H]1C2=CC[C@]2(C)[C@H]3CC[C@@H](C(C)C)[C@]3(C)CC[C@@]12C. The molecular formula is C28H40. The van der Waals surface area contributed by atoms with E-state index in [0.717, 1.165) is 23.7 Å². The van der Waals surface area contributed by atoms with Crippen LogP contribution in [0.5, 0.6) is 0 Å². The van der Waals surface area contributed by atoms with Crippen molar-refractivity contribution in [2.45, 2.75) is 86.5 Å². The van der Waals surface area contributed by atoms with Gasteiger partial charge in [0.25, 0.3) is 0 Å². The molecule has 0 bridgehead atoms. The van der Waals surface area contributed by atoms with Crippen molar-refractivity contribution in [1.29, 1.82) is 0 Å². The Hall–Kier alpha value is -1.04. The lowest BCUT2D eigenvalue weighted by Gasteiger charge is -2.65. The molecule has 0 heteroatoms. The molecule has 0 radical (unpaired) electrons. The van der Waals surface area contributed by atoms with Crippen molar-refractivity contribution in [3.8, 4) is 0 Å². The molecule has 6 atom stereocenters. The maximum atomic E-state index is 2.71. The van der Waals surface area contributed by atoms with Crippen molar-refractivity contribution in [2.24, 2.45) is 39.9 Å². The fourth-order valence-corrected chi connectivity index (χ4v) is 9.10. The molecule has 0 N–H and O–H groups in total. The highest BCUT2D eigenvalue weighted by atomic mass is 14.7. The number of benzene rings is 1. The normalized spacial score (nSPS) is 44.4. The van der Waals surface area contributed by atoms with E-state index in [1.165, 1.54) is 50.5 Å². The van der Waals surface area contributed by atoms with Crippen molar-refractivity contribution in [1.82, 2.24) is 0 Å². The van der Waals surface area contributed by atoms with Gasteiger partial charge in [0.15, 0.2) is 0 Å². The average molecular weight is 377 g/mol. The van der Waals surface area contributed by atoms with Crippen LogP contribution < -0.4 is 0 Å². The Morgan fingerprint density at radius 2 is 1.75 bits per heavy atom. The molecule has 1 aromatic carbocycles. The lowest BCUT2D eigenvalue weighted by molar-refractivity contribution is -0.135. The fraction of sp³-hybridized carbons (Fsp3) is 0.714. The monoisotopic (exact) mass is 376 g/mol. The highest BCUT2D eigenvalue weighted by molar-refractivity contribution is 5.74. The molecule has 0 spiro atoms. The zero-order valence-corrected chi connectivity index (χ0v) is 19.1. The van der Waals surface area contributed by atoms with E-state index in [0.29, 0.717) is 16.2 Å². The Balaban J connectivity index is 1.60. The molecule has 0 aliphatic heterocycles. The standard InChI is InChI=1S/C28H40/c1-18(2)23-12-13-25-26(23,4)16-17-27(5)24-11-10-20-19(3)8-7-9-21(20)22(24)14-15-28(25,27)6/h7-9,14,18,23-25H,10-13,15-17H2,1-6H3/t23-,24+,25-,26-,27-,28+/m0/s1. The summed E-state index contributed by atoms with van der Waals surface area (Å²) >= 11 is 0. The van der Waals surface area contributed by atoms with Gasteiger partial charge >= 0.3 is 0 Å². The minimum Gasteiger partial charge on any atom is -0.0798 e. The van der Waals surface area contributed by atoms with Crippen LogP contribution in [0.15, 0.2) is 24.3 Å². The maximum Gasteiger partial charge on any atom is -0.00965 e. The minimum atomic E-state index is 0.467. The zero-order valence-electron chi connectivity index (χ0n) is 19.1. The number of fused-ring (bicyclic) bond motifs is 7. The number of allylic oxidation sites excluding steroid dienone is 2. The van der Waals surface area contributed by atoms with Gasteiger partial charge in [-0.25, -0.2) is 0 Å². The molecule has 1 aromatic rings. The molecule has 0 unspecified atom stereocenters. The van der Waals surface area contributed by atoms with E-state index in [-0.39, 0.29) is 0 Å². The zero-order chi connectivity index (χ0) is 19.9. The molecule has 2 fully saturated rings. The first-order valence-electron chi connectivity index (χ1n) is 12.0. The van der Waals surface area contributed by atoms with E-state index < -0.39 is 0 Å². The van der Waals surface area contributed by atoms with Crippen molar-refractivity contribution >= 4 is 5.57 Å². The Morgan fingerprint density at radius 1 is 0.964 bits per heavy atom. The van der Waals surface area contributed by atoms with Crippen LogP contribution in [0.3, 0.4) is 0 Å². The first-order valence-corrected chi connectivity index (χ1v) is 12.0. The number of hydrogen-bond donors (Lipinski definition) is 0. The second kappa shape index (κ2) is 5.99. The van der Waals surface area contributed by atoms with Crippen LogP contribution >= 0.6 is 0 Å². The first kappa shape index (κ1) is 19.0. The van der Waals surface area contributed by atoms with Gasteiger partial charge in [0, 0.05) is 0 Å². The van der Waals surface area contributed by atoms with Crippen LogP contribution in [-0.4, -0.2) is 0 Å². The van der Waals surface area contributed by atoms with E-state index in [4.69, 9.17) is 0 Å². The molecule has 0 heterocycles. The van der Waals surface area contributed by atoms with Crippen LogP contribution in [-0.2, 0) is 6.42 Å². The summed E-state index contributed by atoms with van der Waals surface area (Å²) < 4.78 is 0. The van der Waals surface area contributed by atoms with Gasteiger partial charge in [0.1, 0.15) is 0 Å². The van der Waals surface area contributed by atoms with Crippen LogP contribution in [0.25, 0.3) is 5.57 Å². The summed E-state index contributed by atoms with van der Waals surface area (Å²) in [5, 5.41) is 0. The van der Waals surface area contributed by atoms with Gasteiger partial charge in [-0.05, 0) is 114 Å². The van der Waals surface area contributed by atoms with E-state index in [1.807, 2.05) is 0 Å². The van der Waals surface area contributed by atoms with Crippen LogP contribution in [0.1, 0.15) is 89.8 Å². The van der Waals surface area contributed by atoms with Crippen LogP contribution in [0.4, 0.5) is 0 Å². The van der Waals surface area contributed by atoms with Gasteiger partial charge in [-0.2, -0.15) is 0 Å². The quantitative estimate of drug-likeness (QED) is 0.468. The Morgan fingerprint density at radius 3 is 2.50 bits per heavy atom. The second-order valence-electron chi connectivity index (χ2n) is 11.9. The molecule has 152 valence electrons. The van der Waals surface area contributed by atoms with Gasteiger partial charge in [-0.15, -0.1) is 0 Å². The topological polar surface area (TPSA) is 0 Å². The van der Waals surface area contributed by atoms with Crippen LogP contribution in [0, 0.1) is 46.8 Å². The molecule has 4 aliphatic rings. The molecule has 2 saturated carbocycles. The first-order chi connectivity index (χ1) is 13.2. The predicted octanol–water partition coefficient (Wildman–Crippen LogP) is 7.84. The lowest BCUT2D eigenvalue weighted by Crippen LogP contribution is -2.58. The molecule has 0 aromatic heterocycles. The summed E-state index contributed by atoms with van der Waals surface area (Å²) in [6.07, 6.45) is 12.5. The van der Waals surface area contributed by atoms with E-state index >= 15 is 0 Å². The van der Waals surface area contributed by atoms with Gasteiger partial charge in [0.05, 0.1) is 0 Å². The Labute approximate surface area is 173 Å². The van der Waals surface area contributed by atoms with Crippen LogP contribution in [0.2, 0.25) is 0 Å². The molecule has 28 heavy (non-hydrogen) atoms. The third kappa shape index (κ3) is 2.19. The second-order valence-corrected chi connectivity index (χ2v) is 11.9. The number of hydrogen-bond acceptors (Lipinski definition) is 0. The third-order valence-corrected chi connectivity index (χ3v) is 10.8. The highest BCUT2D eigenvalue weighted by Gasteiger charge is 2.65. The molecular weight excluding hydrogens is 336 g/mol. The van der Waals surface area contributed by atoms with Crippen molar-refractivity contribution < 1.29 is 0 Å². The largest absolute Gasteiger partial charge is 0.0798 e. The van der Waals surface area contributed by atoms with E-state index in [1.54, 1.807) is 16.7 Å². The van der Waals surface area contributed by atoms with Crippen molar-refractivity contribution in [3.63, 3.8) is 0 Å². The summed E-state index contributed by atoms with van der Waals surface area (Å²) in [5.74, 6) is 3.44. The molecule has 0 saturated heterocycles. The number of rotatable bonds is 1. The predicted molar refractivity (Wildman–Crippen MR) is 120 cm³/mol. The molecule has 4 aliphatic carbocycles. The minimum absolute atomic E-state index is 0.467. The molecule has 0 nitrogen and oxygen atoms in total. The molecule has 0 amide bonds. The summed E-state index contributed by atoms with van der Waals surface area (Å²) in [6.45, 7) is 15.4. The summed E-state index contributed by atoms with van der Waals surface area (Å²) in [7, 11) is 0. The maximum absolute atomic E-state index is 2.71. The Kier molecular flexibility index (Phi) is 4.06. The smallest absolute Gasteiger partial charge is 0.00965 e. The lowest BCUT2D eigenvalue weighted by atomic mass is 9.39. The third-order valence-electron chi connectivity index (χ3n) is 10.8. The van der Waals surface area contributed by atoms with E-state index in [9.17, 15) is 0 Å². The van der Waals surface area contributed by atoms with Gasteiger partial charge < -0.3 is 0 Å². The van der Waals surface area contributed by atoms with Gasteiger partial charge in [0.2, 0.25) is 0 Å². The van der Waals surface area contributed by atoms with Gasteiger partial charge in [-0.1, -0.05) is 58.9 Å². The average Bonchev–Trinajstić information content (AvgIpc) is 3.02. The number of aryl methyl sites for hydroxylation is 1. The van der Waals surface area contributed by atoms with Gasteiger partial charge in [-0.3, -0.25) is 0 Å². The van der Waals surface area contributed by atoms with E-state index in [2.05, 4.69) is 65.8 Å². The molecule has 5 rings (SSSR count). The highest BCUT2D eigenvalue weighted by Crippen LogP contribution is 2.74. The van der Waals surface area contributed by atoms with Crippen molar-refractivity contribution in [3.05, 3.63) is 41.0 Å².